The van der Waals surface area contributed by atoms with Crippen molar-refractivity contribution >= 4 is 11.0 Å². The molecule has 1 saturated heterocycles. The Labute approximate surface area is 88.9 Å². The second kappa shape index (κ2) is 3.66. The van der Waals surface area contributed by atoms with Crippen molar-refractivity contribution in [3.63, 3.8) is 0 Å². The Hall–Kier alpha value is -1.35. The highest BCUT2D eigenvalue weighted by Gasteiger charge is 2.15. The van der Waals surface area contributed by atoms with E-state index in [1.807, 2.05) is 12.3 Å². The molecular formula is C12H15N3. The third kappa shape index (κ3) is 1.75. The molecule has 0 aliphatic carbocycles. The lowest BCUT2D eigenvalue weighted by molar-refractivity contribution is 0.597. The Morgan fingerprint density at radius 2 is 2.47 bits per heavy atom. The number of nitrogens with zero attached hydrogens (tertiary/aromatic N) is 1. The predicted octanol–water partition coefficient (Wildman–Crippen LogP) is 1.86. The van der Waals surface area contributed by atoms with E-state index < -0.39 is 0 Å². The number of pyridine rings is 1. The molecule has 1 unspecified atom stereocenters. The first kappa shape index (κ1) is 8.92. The highest BCUT2D eigenvalue weighted by molar-refractivity contribution is 5.76. The van der Waals surface area contributed by atoms with E-state index in [4.69, 9.17) is 0 Å². The zero-order valence-electron chi connectivity index (χ0n) is 8.66. The summed E-state index contributed by atoms with van der Waals surface area (Å²) in [5, 5.41) is 4.72. The van der Waals surface area contributed by atoms with E-state index in [9.17, 15) is 0 Å². The normalized spacial score (nSPS) is 21.2. The minimum Gasteiger partial charge on any atom is -0.343 e. The number of hydrogen-bond acceptors (Lipinski definition) is 2. The summed E-state index contributed by atoms with van der Waals surface area (Å²) < 4.78 is 0. The highest BCUT2D eigenvalue weighted by Crippen LogP contribution is 2.16. The molecule has 2 aromatic heterocycles. The van der Waals surface area contributed by atoms with Gasteiger partial charge < -0.3 is 10.3 Å². The van der Waals surface area contributed by atoms with Gasteiger partial charge in [0.15, 0.2) is 0 Å². The van der Waals surface area contributed by atoms with Crippen molar-refractivity contribution < 1.29 is 0 Å². The highest BCUT2D eigenvalue weighted by atomic mass is 14.9. The van der Waals surface area contributed by atoms with Crippen LogP contribution in [-0.2, 0) is 6.42 Å². The quantitative estimate of drug-likeness (QED) is 0.778. The molecule has 3 nitrogen and oxygen atoms in total. The molecule has 1 fully saturated rings. The van der Waals surface area contributed by atoms with Gasteiger partial charge in [-0.2, -0.15) is 0 Å². The van der Waals surface area contributed by atoms with Gasteiger partial charge in [-0.1, -0.05) is 0 Å². The molecule has 0 bridgehead atoms. The van der Waals surface area contributed by atoms with Gasteiger partial charge in [0.05, 0.1) is 0 Å². The van der Waals surface area contributed by atoms with Crippen molar-refractivity contribution in [3.05, 3.63) is 30.1 Å². The molecule has 0 aromatic carbocycles. The average Bonchev–Trinajstić information content (AvgIpc) is 2.86. The Morgan fingerprint density at radius 3 is 3.27 bits per heavy atom. The molecule has 15 heavy (non-hydrogen) atoms. The smallest absolute Gasteiger partial charge is 0.137 e. The van der Waals surface area contributed by atoms with Gasteiger partial charge in [0.2, 0.25) is 0 Å². The fraction of sp³-hybridized carbons (Fsp3) is 0.417. The third-order valence-electron chi connectivity index (χ3n) is 3.08. The third-order valence-corrected chi connectivity index (χ3v) is 3.08. The molecule has 0 amide bonds. The minimum atomic E-state index is 0.651. The summed E-state index contributed by atoms with van der Waals surface area (Å²) in [5.41, 5.74) is 2.30. The molecule has 78 valence electrons. The monoisotopic (exact) mass is 201 g/mol. The maximum Gasteiger partial charge on any atom is 0.137 e. The molecule has 0 spiro atoms. The van der Waals surface area contributed by atoms with Crippen molar-refractivity contribution in [3.8, 4) is 0 Å². The van der Waals surface area contributed by atoms with Crippen LogP contribution in [0.3, 0.4) is 0 Å². The molecule has 1 aliphatic rings. The number of rotatable bonds is 2. The van der Waals surface area contributed by atoms with Crippen molar-refractivity contribution in [2.24, 2.45) is 0 Å². The molecule has 1 atom stereocenters. The Balaban J connectivity index is 1.84. The summed E-state index contributed by atoms with van der Waals surface area (Å²) in [7, 11) is 0. The van der Waals surface area contributed by atoms with Crippen LogP contribution in [0.25, 0.3) is 11.0 Å². The lowest BCUT2D eigenvalue weighted by Crippen LogP contribution is -2.23. The molecule has 2 N–H and O–H groups in total. The number of aromatic amines is 1. The van der Waals surface area contributed by atoms with Crippen LogP contribution in [0.15, 0.2) is 24.4 Å². The molecule has 1 aliphatic heterocycles. The summed E-state index contributed by atoms with van der Waals surface area (Å²) in [5.74, 6) is 0. The summed E-state index contributed by atoms with van der Waals surface area (Å²) in [6, 6.07) is 6.94. The SMILES string of the molecule is c1cnc2[nH]c(CC3CCCN3)cc2c1. The topological polar surface area (TPSA) is 40.7 Å². The minimum absolute atomic E-state index is 0.651. The molecule has 3 rings (SSSR count). The molecule has 0 radical (unpaired) electrons. The first-order valence-electron chi connectivity index (χ1n) is 5.58. The number of fused-ring (bicyclic) bond motifs is 1. The number of hydrogen-bond donors (Lipinski definition) is 2. The van der Waals surface area contributed by atoms with E-state index in [0.29, 0.717) is 6.04 Å². The Kier molecular flexibility index (Phi) is 2.18. The van der Waals surface area contributed by atoms with Gasteiger partial charge in [0.25, 0.3) is 0 Å². The van der Waals surface area contributed by atoms with Gasteiger partial charge >= 0.3 is 0 Å². The predicted molar refractivity (Wildman–Crippen MR) is 60.8 cm³/mol. The van der Waals surface area contributed by atoms with Crippen LogP contribution in [0.5, 0.6) is 0 Å². The number of aromatic nitrogens is 2. The van der Waals surface area contributed by atoms with E-state index in [1.165, 1.54) is 30.5 Å². The second-order valence-electron chi connectivity index (χ2n) is 4.23. The van der Waals surface area contributed by atoms with E-state index in [1.54, 1.807) is 0 Å². The second-order valence-corrected chi connectivity index (χ2v) is 4.23. The van der Waals surface area contributed by atoms with Gasteiger partial charge in [-0.05, 0) is 37.6 Å². The first-order valence-corrected chi connectivity index (χ1v) is 5.58. The first-order chi connectivity index (χ1) is 7.42. The summed E-state index contributed by atoms with van der Waals surface area (Å²) in [4.78, 5) is 7.67. The van der Waals surface area contributed by atoms with E-state index in [0.717, 1.165) is 12.1 Å². The van der Waals surface area contributed by atoms with Crippen LogP contribution in [-0.4, -0.2) is 22.6 Å². The largest absolute Gasteiger partial charge is 0.343 e. The van der Waals surface area contributed by atoms with E-state index >= 15 is 0 Å². The Morgan fingerprint density at radius 1 is 1.47 bits per heavy atom. The van der Waals surface area contributed by atoms with Crippen LogP contribution in [0.2, 0.25) is 0 Å². The van der Waals surface area contributed by atoms with Crippen molar-refractivity contribution in [1.82, 2.24) is 15.3 Å². The van der Waals surface area contributed by atoms with Gasteiger partial charge in [-0.15, -0.1) is 0 Å². The van der Waals surface area contributed by atoms with Gasteiger partial charge in [0, 0.05) is 29.7 Å². The lowest BCUT2D eigenvalue weighted by atomic mass is 10.1. The molecule has 3 heterocycles. The van der Waals surface area contributed by atoms with Gasteiger partial charge in [0.1, 0.15) is 5.65 Å². The van der Waals surface area contributed by atoms with Crippen LogP contribution >= 0.6 is 0 Å². The zero-order chi connectivity index (χ0) is 10.1. The summed E-state index contributed by atoms with van der Waals surface area (Å²) >= 11 is 0. The lowest BCUT2D eigenvalue weighted by Gasteiger charge is -2.07. The van der Waals surface area contributed by atoms with Gasteiger partial charge in [-0.3, -0.25) is 0 Å². The maximum atomic E-state index is 4.30. The number of H-pyrrole nitrogens is 1. The van der Waals surface area contributed by atoms with Crippen LogP contribution in [0.1, 0.15) is 18.5 Å². The van der Waals surface area contributed by atoms with Crippen molar-refractivity contribution in [2.45, 2.75) is 25.3 Å². The van der Waals surface area contributed by atoms with E-state index in [2.05, 4.69) is 27.4 Å². The number of nitrogens with one attached hydrogen (secondary N) is 2. The Bertz CT molecular complexity index is 422. The fourth-order valence-corrected chi connectivity index (χ4v) is 2.32. The van der Waals surface area contributed by atoms with Crippen LogP contribution < -0.4 is 5.32 Å². The molecule has 0 saturated carbocycles. The van der Waals surface area contributed by atoms with Crippen LogP contribution in [0, 0.1) is 0 Å². The summed E-state index contributed by atoms with van der Waals surface area (Å²) in [6.45, 7) is 1.17. The molecule has 2 aromatic rings. The van der Waals surface area contributed by atoms with Gasteiger partial charge in [-0.25, -0.2) is 4.98 Å². The fourth-order valence-electron chi connectivity index (χ4n) is 2.32. The zero-order valence-corrected chi connectivity index (χ0v) is 8.66. The van der Waals surface area contributed by atoms with E-state index in [-0.39, 0.29) is 0 Å². The standard InChI is InChI=1S/C12H15N3/c1-3-9-7-11(15-12(9)14-6-1)8-10-4-2-5-13-10/h1,3,6-7,10,13H,2,4-5,8H2,(H,14,15). The molecule has 3 heteroatoms. The van der Waals surface area contributed by atoms with Crippen LogP contribution in [0.4, 0.5) is 0 Å². The van der Waals surface area contributed by atoms with Crippen molar-refractivity contribution in [1.29, 1.82) is 0 Å². The summed E-state index contributed by atoms with van der Waals surface area (Å²) in [6.07, 6.45) is 5.53. The van der Waals surface area contributed by atoms with Crippen molar-refractivity contribution in [2.75, 3.05) is 6.54 Å². The molecular weight excluding hydrogens is 186 g/mol. The average molecular weight is 201 g/mol. The maximum absolute atomic E-state index is 4.30.